The molecule has 0 radical (unpaired) electrons. The number of nitriles is 1. The number of anilines is 1. The molecule has 0 spiro atoms. The van der Waals surface area contributed by atoms with Crippen molar-refractivity contribution in [3.05, 3.63) is 11.1 Å². The van der Waals surface area contributed by atoms with E-state index in [0.717, 1.165) is 30.0 Å². The van der Waals surface area contributed by atoms with E-state index in [1.54, 1.807) is 11.3 Å². The first-order valence-corrected chi connectivity index (χ1v) is 6.43. The molecule has 0 aromatic carbocycles. The van der Waals surface area contributed by atoms with Crippen molar-refractivity contribution >= 4 is 16.5 Å². The number of hydrogen-bond donors (Lipinski definition) is 1. The fourth-order valence-corrected chi connectivity index (χ4v) is 2.22. The van der Waals surface area contributed by atoms with Crippen LogP contribution < -0.4 is 10.2 Å². The zero-order chi connectivity index (χ0) is 11.4. The van der Waals surface area contributed by atoms with E-state index in [4.69, 9.17) is 5.26 Å². The first-order valence-electron chi connectivity index (χ1n) is 5.55. The summed E-state index contributed by atoms with van der Waals surface area (Å²) in [6, 6.07) is 2.87. The monoisotopic (exact) mass is 236 g/mol. The maximum absolute atomic E-state index is 8.52. The smallest absolute Gasteiger partial charge is 0.185 e. The first-order chi connectivity index (χ1) is 7.79. The highest BCUT2D eigenvalue weighted by Gasteiger charge is 2.20. The summed E-state index contributed by atoms with van der Waals surface area (Å²) in [5.74, 6) is 0. The van der Waals surface area contributed by atoms with Crippen LogP contribution in [-0.2, 0) is 6.54 Å². The topological polar surface area (TPSA) is 52.0 Å². The number of aromatic nitrogens is 1. The van der Waals surface area contributed by atoms with E-state index in [2.05, 4.69) is 21.8 Å². The molecule has 4 nitrogen and oxygen atoms in total. The highest BCUT2D eigenvalue weighted by Crippen LogP contribution is 2.22. The SMILES string of the molecule is CN(CCC#N)c1nc(CNC2CC2)cs1. The molecule has 0 amide bonds. The van der Waals surface area contributed by atoms with Gasteiger partial charge in [-0.25, -0.2) is 4.98 Å². The molecular weight excluding hydrogens is 220 g/mol. The number of thiazole rings is 1. The Morgan fingerprint density at radius 1 is 1.69 bits per heavy atom. The van der Waals surface area contributed by atoms with Crippen molar-refractivity contribution < 1.29 is 0 Å². The van der Waals surface area contributed by atoms with Gasteiger partial charge in [0.1, 0.15) is 0 Å². The molecule has 1 aliphatic rings. The lowest BCUT2D eigenvalue weighted by Gasteiger charge is -2.12. The molecule has 0 unspecified atom stereocenters. The summed E-state index contributed by atoms with van der Waals surface area (Å²) in [6.07, 6.45) is 3.16. The van der Waals surface area contributed by atoms with Gasteiger partial charge in [-0.15, -0.1) is 11.3 Å². The summed E-state index contributed by atoms with van der Waals surface area (Å²) in [6.45, 7) is 1.62. The summed E-state index contributed by atoms with van der Waals surface area (Å²) in [4.78, 5) is 6.57. The van der Waals surface area contributed by atoms with Crippen molar-refractivity contribution in [2.75, 3.05) is 18.5 Å². The Hall–Kier alpha value is -1.12. The fourth-order valence-electron chi connectivity index (χ4n) is 1.40. The standard InChI is InChI=1S/C11H16N4S/c1-15(6-2-5-12)11-14-10(8-16-11)7-13-9-3-4-9/h8-9,13H,2-4,6-7H2,1H3. The van der Waals surface area contributed by atoms with Crippen molar-refractivity contribution in [2.24, 2.45) is 0 Å². The van der Waals surface area contributed by atoms with E-state index >= 15 is 0 Å². The lowest BCUT2D eigenvalue weighted by Crippen LogP contribution is -2.18. The van der Waals surface area contributed by atoms with Gasteiger partial charge in [0.05, 0.1) is 18.2 Å². The molecule has 1 aromatic rings. The Labute approximate surface area is 99.9 Å². The van der Waals surface area contributed by atoms with Crippen molar-refractivity contribution in [3.8, 4) is 6.07 Å². The van der Waals surface area contributed by atoms with E-state index < -0.39 is 0 Å². The number of rotatable bonds is 6. The third kappa shape index (κ3) is 3.19. The van der Waals surface area contributed by atoms with Gasteiger partial charge in [-0.05, 0) is 12.8 Å². The van der Waals surface area contributed by atoms with Crippen LogP contribution in [0, 0.1) is 11.3 Å². The van der Waals surface area contributed by atoms with Crippen LogP contribution in [0.5, 0.6) is 0 Å². The van der Waals surface area contributed by atoms with Crippen molar-refractivity contribution in [3.63, 3.8) is 0 Å². The first kappa shape index (κ1) is 11.4. The molecule has 1 fully saturated rings. The second-order valence-corrected chi connectivity index (χ2v) is 4.94. The highest BCUT2D eigenvalue weighted by atomic mass is 32.1. The van der Waals surface area contributed by atoms with Crippen LogP contribution in [0.4, 0.5) is 5.13 Å². The zero-order valence-electron chi connectivity index (χ0n) is 9.44. The zero-order valence-corrected chi connectivity index (χ0v) is 10.3. The van der Waals surface area contributed by atoms with Crippen LogP contribution in [-0.4, -0.2) is 24.6 Å². The summed E-state index contributed by atoms with van der Waals surface area (Å²) >= 11 is 1.65. The average Bonchev–Trinajstić information content (AvgIpc) is 3.00. The minimum absolute atomic E-state index is 0.547. The predicted octanol–water partition coefficient (Wildman–Crippen LogP) is 1.74. The summed E-state index contributed by atoms with van der Waals surface area (Å²) in [7, 11) is 1.98. The van der Waals surface area contributed by atoms with Gasteiger partial charge in [-0.2, -0.15) is 5.26 Å². The number of hydrogen-bond acceptors (Lipinski definition) is 5. The minimum atomic E-state index is 0.547. The van der Waals surface area contributed by atoms with Gasteiger partial charge < -0.3 is 10.2 Å². The molecular formula is C11H16N4S. The predicted molar refractivity (Wildman–Crippen MR) is 65.5 cm³/mol. The number of nitrogens with one attached hydrogen (secondary N) is 1. The van der Waals surface area contributed by atoms with Crippen molar-refractivity contribution in [1.82, 2.24) is 10.3 Å². The summed E-state index contributed by atoms with van der Waals surface area (Å²) in [5.41, 5.74) is 1.11. The molecule has 1 saturated carbocycles. The van der Waals surface area contributed by atoms with Gasteiger partial charge in [-0.1, -0.05) is 0 Å². The van der Waals surface area contributed by atoms with Gasteiger partial charge >= 0.3 is 0 Å². The molecule has 1 aromatic heterocycles. The fraction of sp³-hybridized carbons (Fsp3) is 0.636. The lowest BCUT2D eigenvalue weighted by molar-refractivity contribution is 0.676. The number of nitrogens with zero attached hydrogens (tertiary/aromatic N) is 3. The molecule has 1 N–H and O–H groups in total. The van der Waals surface area contributed by atoms with Gasteiger partial charge in [0.15, 0.2) is 5.13 Å². The normalized spacial score (nSPS) is 14.8. The lowest BCUT2D eigenvalue weighted by atomic mass is 10.4. The van der Waals surface area contributed by atoms with Crippen molar-refractivity contribution in [1.29, 1.82) is 5.26 Å². The van der Waals surface area contributed by atoms with Crippen LogP contribution in [0.2, 0.25) is 0 Å². The second kappa shape index (κ2) is 5.28. The van der Waals surface area contributed by atoms with Gasteiger partial charge in [0.2, 0.25) is 0 Å². The molecule has 2 rings (SSSR count). The van der Waals surface area contributed by atoms with E-state index in [9.17, 15) is 0 Å². The Bertz CT molecular complexity index is 378. The average molecular weight is 236 g/mol. The van der Waals surface area contributed by atoms with Gasteiger partial charge in [0, 0.05) is 31.6 Å². The maximum Gasteiger partial charge on any atom is 0.185 e. The molecule has 0 bridgehead atoms. The Balaban J connectivity index is 1.82. The Morgan fingerprint density at radius 2 is 2.50 bits per heavy atom. The second-order valence-electron chi connectivity index (χ2n) is 4.11. The quantitative estimate of drug-likeness (QED) is 0.817. The van der Waals surface area contributed by atoms with E-state index in [1.807, 2.05) is 11.9 Å². The van der Waals surface area contributed by atoms with Gasteiger partial charge in [0.25, 0.3) is 0 Å². The molecule has 0 aliphatic heterocycles. The third-order valence-electron chi connectivity index (χ3n) is 2.57. The van der Waals surface area contributed by atoms with Crippen LogP contribution in [0.3, 0.4) is 0 Å². The third-order valence-corrected chi connectivity index (χ3v) is 3.58. The summed E-state index contributed by atoms with van der Waals surface area (Å²) < 4.78 is 0. The molecule has 5 heteroatoms. The molecule has 16 heavy (non-hydrogen) atoms. The van der Waals surface area contributed by atoms with Crippen LogP contribution >= 0.6 is 11.3 Å². The van der Waals surface area contributed by atoms with Crippen molar-refractivity contribution in [2.45, 2.75) is 31.8 Å². The minimum Gasteiger partial charge on any atom is -0.350 e. The summed E-state index contributed by atoms with van der Waals surface area (Å²) in [5, 5.41) is 15.1. The van der Waals surface area contributed by atoms with E-state index in [0.29, 0.717) is 6.42 Å². The largest absolute Gasteiger partial charge is 0.350 e. The maximum atomic E-state index is 8.52. The van der Waals surface area contributed by atoms with Gasteiger partial charge in [-0.3, -0.25) is 0 Å². The van der Waals surface area contributed by atoms with Crippen LogP contribution in [0.1, 0.15) is 25.0 Å². The van der Waals surface area contributed by atoms with E-state index in [1.165, 1.54) is 12.8 Å². The van der Waals surface area contributed by atoms with Crippen LogP contribution in [0.25, 0.3) is 0 Å². The molecule has 0 saturated heterocycles. The molecule has 86 valence electrons. The van der Waals surface area contributed by atoms with Crippen LogP contribution in [0.15, 0.2) is 5.38 Å². The Morgan fingerprint density at radius 3 is 3.19 bits per heavy atom. The Kier molecular flexibility index (Phi) is 3.75. The highest BCUT2D eigenvalue weighted by molar-refractivity contribution is 7.13. The molecule has 0 atom stereocenters. The van der Waals surface area contributed by atoms with E-state index in [-0.39, 0.29) is 0 Å². The molecule has 1 heterocycles. The molecule has 1 aliphatic carbocycles.